The molecule has 5 heteroatoms. The van der Waals surface area contributed by atoms with E-state index in [9.17, 15) is 17.6 Å². The fourth-order valence-corrected chi connectivity index (χ4v) is 2.76. The van der Waals surface area contributed by atoms with Crippen LogP contribution in [0.4, 0.5) is 17.6 Å². The molecule has 0 aromatic rings. The fourth-order valence-electron chi connectivity index (χ4n) is 2.76. The lowest BCUT2D eigenvalue weighted by Gasteiger charge is -2.24. The number of ether oxygens (including phenoxy) is 1. The molecule has 2 unspecified atom stereocenters. The smallest absolute Gasteiger partial charge is 0.317 e. The van der Waals surface area contributed by atoms with Crippen molar-refractivity contribution in [1.29, 1.82) is 0 Å². The molecule has 142 valence electrons. The maximum atomic E-state index is 14.0. The molecule has 24 heavy (non-hydrogen) atoms. The molecule has 0 saturated heterocycles. The molecule has 0 rings (SSSR count). The van der Waals surface area contributed by atoms with Gasteiger partial charge in [-0.25, -0.2) is 0 Å². The Kier molecular flexibility index (Phi) is 13.0. The standard InChI is InChI=1S/C19H32F4O/c1-4-10-16(6-3)12-9-15-19(22,23)24-17(11-5-2)13-7-8-14-18(20)21/h6,14,16-17H,3-5,7-13,15H2,1-2H3. The molecule has 2 atom stereocenters. The molecule has 0 fully saturated rings. The van der Waals surface area contributed by atoms with Crippen molar-refractivity contribution in [1.82, 2.24) is 0 Å². The predicted molar refractivity (Wildman–Crippen MR) is 91.3 cm³/mol. The molecule has 0 radical (unpaired) electrons. The SMILES string of the molecule is C=CC(CCC)CCCC(F)(F)OC(CCC)CCCC=C(F)F. The van der Waals surface area contributed by atoms with Gasteiger partial charge in [0.15, 0.2) is 0 Å². The molecule has 0 amide bonds. The lowest BCUT2D eigenvalue weighted by molar-refractivity contribution is -0.268. The molecule has 0 aliphatic heterocycles. The van der Waals surface area contributed by atoms with Crippen LogP contribution in [0.5, 0.6) is 0 Å². The Bertz CT molecular complexity index is 351. The number of unbranched alkanes of at least 4 members (excludes halogenated alkanes) is 1. The summed E-state index contributed by atoms with van der Waals surface area (Å²) >= 11 is 0. The second-order valence-corrected chi connectivity index (χ2v) is 6.27. The fraction of sp³-hybridized carbons (Fsp3) is 0.789. The third-order valence-electron chi connectivity index (χ3n) is 4.01. The molecular formula is C19H32F4O. The minimum Gasteiger partial charge on any atom is -0.317 e. The second-order valence-electron chi connectivity index (χ2n) is 6.27. The number of hydrogen-bond donors (Lipinski definition) is 0. The lowest BCUT2D eigenvalue weighted by atomic mass is 9.97. The zero-order valence-corrected chi connectivity index (χ0v) is 15.0. The summed E-state index contributed by atoms with van der Waals surface area (Å²) in [6.45, 7) is 7.71. The minimum absolute atomic E-state index is 0.190. The van der Waals surface area contributed by atoms with Crippen LogP contribution in [-0.2, 0) is 4.74 Å². The molecule has 0 aromatic heterocycles. The number of halogens is 4. The Morgan fingerprint density at radius 1 is 1.04 bits per heavy atom. The molecular weight excluding hydrogens is 320 g/mol. The average Bonchev–Trinajstić information content (AvgIpc) is 2.50. The van der Waals surface area contributed by atoms with Crippen molar-refractivity contribution in [3.8, 4) is 0 Å². The molecule has 0 aliphatic carbocycles. The predicted octanol–water partition coefficient (Wildman–Crippen LogP) is 7.49. The van der Waals surface area contributed by atoms with Gasteiger partial charge in [0.2, 0.25) is 0 Å². The van der Waals surface area contributed by atoms with E-state index in [1.807, 2.05) is 13.0 Å². The van der Waals surface area contributed by atoms with Gasteiger partial charge in [0, 0.05) is 6.42 Å². The maximum absolute atomic E-state index is 14.0. The van der Waals surface area contributed by atoms with Gasteiger partial charge in [0.1, 0.15) is 0 Å². The van der Waals surface area contributed by atoms with Gasteiger partial charge in [-0.1, -0.05) is 32.8 Å². The van der Waals surface area contributed by atoms with Gasteiger partial charge in [-0.3, -0.25) is 0 Å². The minimum atomic E-state index is -3.15. The first-order valence-corrected chi connectivity index (χ1v) is 9.04. The molecule has 0 heterocycles. The highest BCUT2D eigenvalue weighted by atomic mass is 19.3. The summed E-state index contributed by atoms with van der Waals surface area (Å²) in [6, 6.07) is 0. The van der Waals surface area contributed by atoms with Crippen molar-refractivity contribution >= 4 is 0 Å². The summed E-state index contributed by atoms with van der Waals surface area (Å²) in [5, 5.41) is 0. The number of hydrogen-bond acceptors (Lipinski definition) is 1. The highest BCUT2D eigenvalue weighted by molar-refractivity contribution is 4.81. The van der Waals surface area contributed by atoms with Crippen LogP contribution >= 0.6 is 0 Å². The summed E-state index contributed by atoms with van der Waals surface area (Å²) in [4.78, 5) is 0. The Labute approximate surface area is 144 Å². The summed E-state index contributed by atoms with van der Waals surface area (Å²) in [6.07, 6.45) is 2.18. The van der Waals surface area contributed by atoms with Crippen molar-refractivity contribution in [3.63, 3.8) is 0 Å². The van der Waals surface area contributed by atoms with Crippen LogP contribution in [0.1, 0.15) is 78.1 Å². The Morgan fingerprint density at radius 2 is 1.71 bits per heavy atom. The van der Waals surface area contributed by atoms with Crippen molar-refractivity contribution in [2.45, 2.75) is 90.3 Å². The van der Waals surface area contributed by atoms with E-state index in [1.54, 1.807) is 0 Å². The Morgan fingerprint density at radius 3 is 2.25 bits per heavy atom. The van der Waals surface area contributed by atoms with E-state index < -0.39 is 18.3 Å². The van der Waals surface area contributed by atoms with Crippen molar-refractivity contribution in [2.24, 2.45) is 5.92 Å². The van der Waals surface area contributed by atoms with Gasteiger partial charge < -0.3 is 4.74 Å². The van der Waals surface area contributed by atoms with E-state index in [1.165, 1.54) is 0 Å². The summed E-state index contributed by atoms with van der Waals surface area (Å²) < 4.78 is 56.9. The zero-order valence-electron chi connectivity index (χ0n) is 15.0. The average molecular weight is 352 g/mol. The molecule has 0 N–H and O–H groups in total. The van der Waals surface area contributed by atoms with E-state index in [0.29, 0.717) is 32.1 Å². The largest absolute Gasteiger partial charge is 0.355 e. The van der Waals surface area contributed by atoms with E-state index in [2.05, 4.69) is 13.5 Å². The van der Waals surface area contributed by atoms with E-state index in [4.69, 9.17) is 4.74 Å². The number of allylic oxidation sites excluding steroid dienone is 2. The van der Waals surface area contributed by atoms with Crippen LogP contribution in [-0.4, -0.2) is 12.2 Å². The Balaban J connectivity index is 4.27. The van der Waals surface area contributed by atoms with Crippen molar-refractivity contribution in [3.05, 3.63) is 24.8 Å². The molecule has 0 saturated carbocycles. The van der Waals surface area contributed by atoms with E-state index in [-0.39, 0.29) is 18.8 Å². The summed E-state index contributed by atoms with van der Waals surface area (Å²) in [5.41, 5.74) is 0. The molecule has 0 spiro atoms. The molecule has 0 aliphatic rings. The number of rotatable bonds is 15. The highest BCUT2D eigenvalue weighted by Gasteiger charge is 2.32. The van der Waals surface area contributed by atoms with E-state index >= 15 is 0 Å². The van der Waals surface area contributed by atoms with Crippen LogP contribution in [0.3, 0.4) is 0 Å². The maximum Gasteiger partial charge on any atom is 0.355 e. The summed E-state index contributed by atoms with van der Waals surface area (Å²) in [7, 11) is 0. The summed E-state index contributed by atoms with van der Waals surface area (Å²) in [5.74, 6) is 0.277. The lowest BCUT2D eigenvalue weighted by Crippen LogP contribution is -2.28. The van der Waals surface area contributed by atoms with Gasteiger partial charge in [-0.15, -0.1) is 6.58 Å². The monoisotopic (exact) mass is 352 g/mol. The second kappa shape index (κ2) is 13.5. The van der Waals surface area contributed by atoms with Crippen LogP contribution in [0.15, 0.2) is 24.8 Å². The van der Waals surface area contributed by atoms with Gasteiger partial charge in [0.05, 0.1) is 6.10 Å². The third-order valence-corrected chi connectivity index (χ3v) is 4.01. The first-order valence-electron chi connectivity index (χ1n) is 9.04. The topological polar surface area (TPSA) is 9.23 Å². The van der Waals surface area contributed by atoms with Crippen molar-refractivity contribution in [2.75, 3.05) is 0 Å². The normalized spacial score (nSPS) is 14.2. The van der Waals surface area contributed by atoms with Gasteiger partial charge in [-0.05, 0) is 56.9 Å². The Hall–Kier alpha value is -0.840. The van der Waals surface area contributed by atoms with Gasteiger partial charge in [0.25, 0.3) is 6.08 Å². The van der Waals surface area contributed by atoms with Crippen LogP contribution in [0.25, 0.3) is 0 Å². The molecule has 1 nitrogen and oxygen atoms in total. The van der Waals surface area contributed by atoms with Gasteiger partial charge in [-0.2, -0.15) is 17.6 Å². The quantitative estimate of drug-likeness (QED) is 0.168. The van der Waals surface area contributed by atoms with Crippen LogP contribution in [0, 0.1) is 5.92 Å². The highest BCUT2D eigenvalue weighted by Crippen LogP contribution is 2.29. The van der Waals surface area contributed by atoms with Crippen LogP contribution in [0.2, 0.25) is 0 Å². The number of alkyl halides is 2. The van der Waals surface area contributed by atoms with E-state index in [0.717, 1.165) is 25.3 Å². The van der Waals surface area contributed by atoms with Gasteiger partial charge >= 0.3 is 6.11 Å². The first-order chi connectivity index (χ1) is 11.3. The molecule has 0 bridgehead atoms. The van der Waals surface area contributed by atoms with Crippen molar-refractivity contribution < 1.29 is 22.3 Å². The third kappa shape index (κ3) is 12.6. The van der Waals surface area contributed by atoms with Crippen LogP contribution < -0.4 is 0 Å². The molecule has 0 aromatic carbocycles. The first kappa shape index (κ1) is 23.2. The zero-order chi connectivity index (χ0) is 18.4.